The number of carbonyl (C=O) groups excluding carboxylic acids is 2. The SMILES string of the molecule is CCCCc1cn(C(C)(C)C)s/c1=N\C(=O)C1(C)CCC(C(=O)NC2CC2)C1(C)C. The van der Waals surface area contributed by atoms with Gasteiger partial charge in [0.2, 0.25) is 5.91 Å². The molecule has 1 heterocycles. The number of aryl methyl sites for hydroxylation is 1. The van der Waals surface area contributed by atoms with E-state index in [0.29, 0.717) is 12.5 Å². The maximum atomic E-state index is 13.5. The highest BCUT2D eigenvalue weighted by Crippen LogP contribution is 2.56. The van der Waals surface area contributed by atoms with Crippen molar-refractivity contribution < 1.29 is 9.59 Å². The van der Waals surface area contributed by atoms with Gasteiger partial charge in [0.25, 0.3) is 5.91 Å². The third-order valence-corrected chi connectivity index (χ3v) is 8.71. The molecule has 2 amide bonds. The van der Waals surface area contributed by atoms with E-state index >= 15 is 0 Å². The van der Waals surface area contributed by atoms with Crippen LogP contribution in [0.4, 0.5) is 0 Å². The third kappa shape index (κ3) is 4.44. The normalized spacial score (nSPS) is 26.8. The molecule has 0 radical (unpaired) electrons. The maximum absolute atomic E-state index is 13.5. The summed E-state index contributed by atoms with van der Waals surface area (Å²) in [5, 5.41) is 3.15. The number of amides is 2. The van der Waals surface area contributed by atoms with Crippen molar-refractivity contribution in [3.05, 3.63) is 16.4 Å². The summed E-state index contributed by atoms with van der Waals surface area (Å²) in [6.07, 6.45) is 8.92. The van der Waals surface area contributed by atoms with E-state index in [9.17, 15) is 9.59 Å². The van der Waals surface area contributed by atoms with Crippen LogP contribution in [-0.4, -0.2) is 21.8 Å². The van der Waals surface area contributed by atoms with E-state index in [1.165, 1.54) is 0 Å². The monoisotopic (exact) mass is 433 g/mol. The number of nitrogens with zero attached hydrogens (tertiary/aromatic N) is 2. The van der Waals surface area contributed by atoms with Crippen LogP contribution in [0, 0.1) is 16.7 Å². The second-order valence-corrected chi connectivity index (χ2v) is 12.0. The number of unbranched alkanes of at least 4 members (excludes halogenated alkanes) is 1. The molecule has 30 heavy (non-hydrogen) atoms. The van der Waals surface area contributed by atoms with Crippen molar-refractivity contribution in [2.75, 3.05) is 0 Å². The number of hydrogen-bond donors (Lipinski definition) is 1. The lowest BCUT2D eigenvalue weighted by Crippen LogP contribution is -2.45. The van der Waals surface area contributed by atoms with Crippen LogP contribution in [-0.2, 0) is 21.5 Å². The van der Waals surface area contributed by atoms with Crippen LogP contribution in [0.1, 0.15) is 92.6 Å². The van der Waals surface area contributed by atoms with Crippen LogP contribution in [0.25, 0.3) is 0 Å². The quantitative estimate of drug-likeness (QED) is 0.701. The average molecular weight is 434 g/mol. The zero-order chi connectivity index (χ0) is 22.3. The first-order valence-corrected chi connectivity index (χ1v) is 12.3. The molecule has 2 unspecified atom stereocenters. The van der Waals surface area contributed by atoms with Gasteiger partial charge in [0.05, 0.1) is 5.41 Å². The van der Waals surface area contributed by atoms with Crippen molar-refractivity contribution in [2.24, 2.45) is 21.7 Å². The topological polar surface area (TPSA) is 63.5 Å². The number of nitrogens with one attached hydrogen (secondary N) is 1. The van der Waals surface area contributed by atoms with Crippen LogP contribution in [0.5, 0.6) is 0 Å². The van der Waals surface area contributed by atoms with E-state index in [1.54, 1.807) is 11.5 Å². The number of carbonyl (C=O) groups is 2. The van der Waals surface area contributed by atoms with Gasteiger partial charge in [0.15, 0.2) is 0 Å². The van der Waals surface area contributed by atoms with E-state index in [2.05, 4.69) is 62.0 Å². The van der Waals surface area contributed by atoms with Crippen LogP contribution < -0.4 is 9.99 Å². The average Bonchev–Trinajstić information content (AvgIpc) is 3.29. The van der Waals surface area contributed by atoms with E-state index < -0.39 is 10.8 Å². The van der Waals surface area contributed by atoms with Gasteiger partial charge in [-0.2, -0.15) is 0 Å². The van der Waals surface area contributed by atoms with Crippen molar-refractivity contribution in [2.45, 2.75) is 105 Å². The molecule has 0 bridgehead atoms. The zero-order valence-corrected chi connectivity index (χ0v) is 20.6. The lowest BCUT2D eigenvalue weighted by molar-refractivity contribution is -0.136. The van der Waals surface area contributed by atoms with E-state index in [0.717, 1.165) is 48.8 Å². The predicted octanol–water partition coefficient (Wildman–Crippen LogP) is 4.80. The molecule has 2 saturated carbocycles. The molecule has 3 rings (SSSR count). The van der Waals surface area contributed by atoms with Gasteiger partial charge in [-0.1, -0.05) is 34.1 Å². The first-order chi connectivity index (χ1) is 13.9. The molecule has 0 spiro atoms. The first kappa shape index (κ1) is 23.2. The molecule has 0 aromatic carbocycles. The Morgan fingerprint density at radius 2 is 1.90 bits per heavy atom. The van der Waals surface area contributed by atoms with Gasteiger partial charge in [0, 0.05) is 29.3 Å². The standard InChI is InChI=1S/C24H39N3O2S/c1-8-9-10-16-15-27(22(2,3)4)30-20(16)26-21(29)24(7)14-13-18(23(24,5)6)19(28)25-17-11-12-17/h15,17-18H,8-14H2,1-7H3,(H,25,28)/b26-20-. The lowest BCUT2D eigenvalue weighted by atomic mass is 9.65. The maximum Gasteiger partial charge on any atom is 0.253 e. The molecule has 2 aliphatic carbocycles. The van der Waals surface area contributed by atoms with Crippen molar-refractivity contribution in [1.82, 2.24) is 9.27 Å². The third-order valence-electron chi connectivity index (χ3n) is 7.34. The van der Waals surface area contributed by atoms with Gasteiger partial charge < -0.3 is 5.32 Å². The molecule has 1 aromatic rings. The van der Waals surface area contributed by atoms with Gasteiger partial charge in [-0.3, -0.25) is 13.5 Å². The largest absolute Gasteiger partial charge is 0.353 e. The second kappa shape index (κ2) is 8.25. The highest BCUT2D eigenvalue weighted by Gasteiger charge is 2.58. The Morgan fingerprint density at radius 1 is 1.23 bits per heavy atom. The van der Waals surface area contributed by atoms with Gasteiger partial charge in [0.1, 0.15) is 4.67 Å². The van der Waals surface area contributed by atoms with Crippen LogP contribution in [0.3, 0.4) is 0 Å². The van der Waals surface area contributed by atoms with Crippen molar-refractivity contribution in [1.29, 1.82) is 0 Å². The lowest BCUT2D eigenvalue weighted by Gasteiger charge is -2.38. The Balaban J connectivity index is 1.90. The Kier molecular flexibility index (Phi) is 6.39. The van der Waals surface area contributed by atoms with Gasteiger partial charge in [-0.05, 0) is 76.2 Å². The van der Waals surface area contributed by atoms with E-state index in [1.807, 2.05) is 6.92 Å². The molecule has 2 atom stereocenters. The Labute approximate surface area is 185 Å². The highest BCUT2D eigenvalue weighted by atomic mass is 32.1. The van der Waals surface area contributed by atoms with Crippen molar-refractivity contribution in [3.63, 3.8) is 0 Å². The molecule has 1 N–H and O–H groups in total. The van der Waals surface area contributed by atoms with Crippen LogP contribution >= 0.6 is 11.5 Å². The van der Waals surface area contributed by atoms with Crippen molar-refractivity contribution >= 4 is 23.3 Å². The van der Waals surface area contributed by atoms with E-state index in [4.69, 9.17) is 0 Å². The zero-order valence-electron chi connectivity index (χ0n) is 19.8. The summed E-state index contributed by atoms with van der Waals surface area (Å²) < 4.78 is 3.05. The summed E-state index contributed by atoms with van der Waals surface area (Å²) in [5.74, 6) is -0.0936. The summed E-state index contributed by atoms with van der Waals surface area (Å²) in [7, 11) is 0. The predicted molar refractivity (Wildman–Crippen MR) is 122 cm³/mol. The molecule has 0 saturated heterocycles. The Bertz CT molecular complexity index is 870. The minimum absolute atomic E-state index is 0.0367. The molecule has 0 aliphatic heterocycles. The fourth-order valence-corrected chi connectivity index (χ4v) is 5.46. The summed E-state index contributed by atoms with van der Waals surface area (Å²) >= 11 is 1.58. The molecule has 5 nitrogen and oxygen atoms in total. The molecule has 1 aromatic heterocycles. The van der Waals surface area contributed by atoms with Gasteiger partial charge >= 0.3 is 0 Å². The first-order valence-electron chi connectivity index (χ1n) is 11.5. The summed E-state index contributed by atoms with van der Waals surface area (Å²) in [5.41, 5.74) is 0.0720. The minimum atomic E-state index is -0.628. The molecule has 2 fully saturated rings. The number of aromatic nitrogens is 1. The van der Waals surface area contributed by atoms with Crippen LogP contribution in [0.2, 0.25) is 0 Å². The van der Waals surface area contributed by atoms with Gasteiger partial charge in [-0.25, -0.2) is 4.99 Å². The number of hydrogen-bond acceptors (Lipinski definition) is 3. The minimum Gasteiger partial charge on any atom is -0.353 e. The molecule has 168 valence electrons. The molecular weight excluding hydrogens is 394 g/mol. The fraction of sp³-hybridized carbons (Fsp3) is 0.792. The summed E-state index contributed by atoms with van der Waals surface area (Å²) in [6, 6.07) is 0.348. The smallest absolute Gasteiger partial charge is 0.253 e. The summed E-state index contributed by atoms with van der Waals surface area (Å²) in [6.45, 7) is 14.9. The molecule has 6 heteroatoms. The number of rotatable bonds is 6. The van der Waals surface area contributed by atoms with Crippen LogP contribution in [0.15, 0.2) is 11.2 Å². The van der Waals surface area contributed by atoms with E-state index in [-0.39, 0.29) is 23.3 Å². The molecular formula is C24H39N3O2S. The molecule has 2 aliphatic rings. The van der Waals surface area contributed by atoms with Crippen molar-refractivity contribution in [3.8, 4) is 0 Å². The van der Waals surface area contributed by atoms with Gasteiger partial charge in [-0.15, -0.1) is 0 Å². The Hall–Kier alpha value is -1.43. The Morgan fingerprint density at radius 3 is 2.47 bits per heavy atom. The second-order valence-electron chi connectivity index (χ2n) is 11.0. The summed E-state index contributed by atoms with van der Waals surface area (Å²) in [4.78, 5) is 31.0. The fourth-order valence-electron chi connectivity index (χ4n) is 4.42. The highest BCUT2D eigenvalue weighted by molar-refractivity contribution is 7.04.